The Hall–Kier alpha value is -0.220. The van der Waals surface area contributed by atoms with Gasteiger partial charge in [0, 0.05) is 18.3 Å². The van der Waals surface area contributed by atoms with E-state index in [1.54, 1.807) is 0 Å². The molecule has 0 fully saturated rings. The lowest BCUT2D eigenvalue weighted by molar-refractivity contribution is 0.329. The van der Waals surface area contributed by atoms with Gasteiger partial charge in [0.1, 0.15) is 0 Å². The fourth-order valence-electron chi connectivity index (χ4n) is 1.92. The summed E-state index contributed by atoms with van der Waals surface area (Å²) in [4.78, 5) is 6.83. The molecule has 1 N–H and O–H groups in total. The van der Waals surface area contributed by atoms with Crippen LogP contribution in [0.3, 0.4) is 0 Å². The van der Waals surface area contributed by atoms with Crippen LogP contribution in [0.2, 0.25) is 0 Å². The molecule has 0 spiro atoms. The molecule has 0 aliphatic carbocycles. The van der Waals surface area contributed by atoms with E-state index in [1.165, 1.54) is 6.42 Å². The molecule has 0 aromatic rings. The average molecular weight is 243 g/mol. The second-order valence-electron chi connectivity index (χ2n) is 5.33. The predicted molar refractivity (Wildman–Crippen MR) is 74.3 cm³/mol. The third-order valence-corrected chi connectivity index (χ3v) is 3.61. The van der Waals surface area contributed by atoms with Crippen LogP contribution in [0.4, 0.5) is 0 Å². The minimum absolute atomic E-state index is 0.478. The summed E-state index contributed by atoms with van der Waals surface area (Å²) in [6.07, 6.45) is 1.20. The lowest BCUT2D eigenvalue weighted by atomic mass is 10.0. The van der Waals surface area contributed by atoms with Crippen molar-refractivity contribution in [2.24, 2.45) is 10.9 Å². The Morgan fingerprint density at radius 2 is 2.19 bits per heavy atom. The Morgan fingerprint density at radius 1 is 1.50 bits per heavy atom. The van der Waals surface area contributed by atoms with E-state index in [1.807, 2.05) is 11.8 Å². The molecule has 1 aliphatic heterocycles. The maximum atomic E-state index is 4.59. The highest BCUT2D eigenvalue weighted by Gasteiger charge is 2.18. The first-order valence-corrected chi connectivity index (χ1v) is 7.07. The molecule has 0 aromatic heterocycles. The average Bonchev–Trinajstić information content (AvgIpc) is 2.48. The summed E-state index contributed by atoms with van der Waals surface area (Å²) < 4.78 is 0. The van der Waals surface area contributed by atoms with Gasteiger partial charge in [-0.3, -0.25) is 4.99 Å². The van der Waals surface area contributed by atoms with Crippen molar-refractivity contribution in [2.75, 3.05) is 26.4 Å². The maximum Gasteiger partial charge on any atom is 0.157 e. The second-order valence-corrected chi connectivity index (χ2v) is 6.34. The molecule has 2 unspecified atom stereocenters. The third kappa shape index (κ3) is 5.21. The number of hydrogen-bond acceptors (Lipinski definition) is 4. The van der Waals surface area contributed by atoms with Crippen molar-refractivity contribution < 1.29 is 0 Å². The minimum atomic E-state index is 0.478. The lowest BCUT2D eigenvalue weighted by Gasteiger charge is -2.24. The molecule has 0 saturated heterocycles. The lowest BCUT2D eigenvalue weighted by Crippen LogP contribution is -2.41. The number of thioether (sulfide) groups is 1. The van der Waals surface area contributed by atoms with Crippen LogP contribution in [0, 0.1) is 5.92 Å². The molecule has 0 amide bonds. The SMILES string of the molecule is CC(C)CC(CN(C)C)NC1=NC(C)CS1. The van der Waals surface area contributed by atoms with Crippen LogP contribution in [0.5, 0.6) is 0 Å². The van der Waals surface area contributed by atoms with E-state index in [2.05, 4.69) is 50.1 Å². The topological polar surface area (TPSA) is 27.6 Å². The molecule has 2 atom stereocenters. The van der Waals surface area contributed by atoms with E-state index < -0.39 is 0 Å². The molecule has 0 radical (unpaired) electrons. The fourth-order valence-corrected chi connectivity index (χ4v) is 2.89. The molecule has 1 heterocycles. The summed E-state index contributed by atoms with van der Waals surface area (Å²) >= 11 is 1.85. The first-order chi connectivity index (χ1) is 7.47. The monoisotopic (exact) mass is 243 g/mol. The standard InChI is InChI=1S/C12H25N3S/c1-9(2)6-11(7-15(4)5)14-12-13-10(3)8-16-12/h9-11H,6-8H2,1-5H3,(H,13,14). The quantitative estimate of drug-likeness (QED) is 0.801. The zero-order valence-electron chi connectivity index (χ0n) is 11.2. The predicted octanol–water partition coefficient (Wildman–Crippen LogP) is 2.04. The Morgan fingerprint density at radius 3 is 2.62 bits per heavy atom. The van der Waals surface area contributed by atoms with Gasteiger partial charge >= 0.3 is 0 Å². The molecule has 16 heavy (non-hydrogen) atoms. The van der Waals surface area contributed by atoms with Crippen LogP contribution in [-0.4, -0.2) is 48.5 Å². The highest BCUT2D eigenvalue weighted by atomic mass is 32.2. The van der Waals surface area contributed by atoms with E-state index in [9.17, 15) is 0 Å². The summed E-state index contributed by atoms with van der Waals surface area (Å²) in [5.41, 5.74) is 0. The molecule has 0 saturated carbocycles. The molecular formula is C12H25N3S. The summed E-state index contributed by atoms with van der Waals surface area (Å²) in [5.74, 6) is 1.85. The van der Waals surface area contributed by atoms with Gasteiger partial charge in [-0.1, -0.05) is 25.6 Å². The van der Waals surface area contributed by atoms with E-state index >= 15 is 0 Å². The van der Waals surface area contributed by atoms with Crippen molar-refractivity contribution in [3.05, 3.63) is 0 Å². The van der Waals surface area contributed by atoms with Crippen LogP contribution >= 0.6 is 11.8 Å². The van der Waals surface area contributed by atoms with Gasteiger partial charge in [0.05, 0.1) is 6.04 Å². The number of aliphatic imine (C=N–C) groups is 1. The number of amidine groups is 1. The zero-order valence-corrected chi connectivity index (χ0v) is 12.0. The highest BCUT2D eigenvalue weighted by Crippen LogP contribution is 2.17. The van der Waals surface area contributed by atoms with Crippen LogP contribution in [-0.2, 0) is 0 Å². The van der Waals surface area contributed by atoms with Crippen molar-refractivity contribution >= 4 is 16.9 Å². The molecule has 0 aromatic carbocycles. The van der Waals surface area contributed by atoms with Crippen LogP contribution < -0.4 is 5.32 Å². The number of rotatable bonds is 5. The van der Waals surface area contributed by atoms with Crippen molar-refractivity contribution in [1.29, 1.82) is 0 Å². The van der Waals surface area contributed by atoms with Crippen LogP contribution in [0.1, 0.15) is 27.2 Å². The number of likely N-dealkylation sites (N-methyl/N-ethyl adjacent to an activating group) is 1. The summed E-state index contributed by atoms with van der Waals surface area (Å²) in [6.45, 7) is 7.80. The molecule has 0 bridgehead atoms. The minimum Gasteiger partial charge on any atom is -0.361 e. The second kappa shape index (κ2) is 6.50. The molecule has 94 valence electrons. The number of nitrogens with zero attached hydrogens (tertiary/aromatic N) is 2. The van der Waals surface area contributed by atoms with Crippen molar-refractivity contribution in [3.8, 4) is 0 Å². The highest BCUT2D eigenvalue weighted by molar-refractivity contribution is 8.14. The molecule has 4 heteroatoms. The Kier molecular flexibility index (Phi) is 5.62. The molecule has 1 rings (SSSR count). The normalized spacial score (nSPS) is 22.7. The van der Waals surface area contributed by atoms with Gasteiger partial charge in [0.2, 0.25) is 0 Å². The van der Waals surface area contributed by atoms with Gasteiger partial charge in [-0.2, -0.15) is 0 Å². The van der Waals surface area contributed by atoms with Gasteiger partial charge in [-0.25, -0.2) is 0 Å². The summed E-state index contributed by atoms with van der Waals surface area (Å²) in [5, 5.41) is 4.72. The van der Waals surface area contributed by atoms with E-state index in [0.717, 1.165) is 23.4 Å². The Labute approximate surface area is 104 Å². The van der Waals surface area contributed by atoms with Gasteiger partial charge in [-0.05, 0) is 33.4 Å². The van der Waals surface area contributed by atoms with Gasteiger partial charge in [0.25, 0.3) is 0 Å². The van der Waals surface area contributed by atoms with E-state index in [-0.39, 0.29) is 0 Å². The molecule has 3 nitrogen and oxygen atoms in total. The maximum absolute atomic E-state index is 4.59. The van der Waals surface area contributed by atoms with E-state index in [0.29, 0.717) is 12.1 Å². The summed E-state index contributed by atoms with van der Waals surface area (Å²) in [6, 6.07) is 0.998. The fraction of sp³-hybridized carbons (Fsp3) is 0.917. The molecular weight excluding hydrogens is 218 g/mol. The summed E-state index contributed by atoms with van der Waals surface area (Å²) in [7, 11) is 4.25. The van der Waals surface area contributed by atoms with Crippen LogP contribution in [0.25, 0.3) is 0 Å². The number of hydrogen-bond donors (Lipinski definition) is 1. The first-order valence-electron chi connectivity index (χ1n) is 6.09. The van der Waals surface area contributed by atoms with E-state index in [4.69, 9.17) is 0 Å². The first kappa shape index (κ1) is 13.8. The third-order valence-electron chi connectivity index (χ3n) is 2.47. The Bertz CT molecular complexity index is 228. The Balaban J connectivity index is 2.46. The van der Waals surface area contributed by atoms with Gasteiger partial charge in [-0.15, -0.1) is 0 Å². The largest absolute Gasteiger partial charge is 0.361 e. The van der Waals surface area contributed by atoms with Crippen molar-refractivity contribution in [3.63, 3.8) is 0 Å². The van der Waals surface area contributed by atoms with Crippen LogP contribution in [0.15, 0.2) is 4.99 Å². The zero-order chi connectivity index (χ0) is 12.1. The smallest absolute Gasteiger partial charge is 0.157 e. The van der Waals surface area contributed by atoms with Gasteiger partial charge < -0.3 is 10.2 Å². The number of nitrogens with one attached hydrogen (secondary N) is 1. The van der Waals surface area contributed by atoms with Crippen molar-refractivity contribution in [1.82, 2.24) is 10.2 Å². The van der Waals surface area contributed by atoms with Crippen molar-refractivity contribution in [2.45, 2.75) is 39.3 Å². The van der Waals surface area contributed by atoms with Gasteiger partial charge in [0.15, 0.2) is 5.17 Å². The molecule has 1 aliphatic rings.